The zero-order valence-electron chi connectivity index (χ0n) is 14.4. The number of carbonyl (C=O) groups excluding carboxylic acids is 2. The van der Waals surface area contributed by atoms with E-state index in [-0.39, 0.29) is 11.8 Å². The van der Waals surface area contributed by atoms with E-state index in [1.807, 2.05) is 47.4 Å². The average molecular weight is 334 g/mol. The van der Waals surface area contributed by atoms with Crippen molar-refractivity contribution in [3.63, 3.8) is 0 Å². The molecule has 2 aromatic carbocycles. The quantitative estimate of drug-likeness (QED) is 0.933. The van der Waals surface area contributed by atoms with Crippen LogP contribution < -0.4 is 5.32 Å². The van der Waals surface area contributed by atoms with Crippen LogP contribution in [0, 0.1) is 0 Å². The molecule has 0 spiro atoms. The second-order valence-electron chi connectivity index (χ2n) is 6.20. The van der Waals surface area contributed by atoms with Gasteiger partial charge in [-0.15, -0.1) is 0 Å². The highest BCUT2D eigenvalue weighted by molar-refractivity contribution is 5.94. The monoisotopic (exact) mass is 334 g/mol. The predicted octanol–water partition coefficient (Wildman–Crippen LogP) is 3.25. The third kappa shape index (κ3) is 4.35. The maximum Gasteiger partial charge on any atom is 0.254 e. The first-order valence-electron chi connectivity index (χ1n) is 8.50. The van der Waals surface area contributed by atoms with Crippen molar-refractivity contribution in [1.29, 1.82) is 0 Å². The average Bonchev–Trinajstić information content (AvgIpc) is 2.67. The summed E-state index contributed by atoms with van der Waals surface area (Å²) in [5.74, 6) is -0.0103. The molecule has 3 rings (SSSR count). The highest BCUT2D eigenvalue weighted by Crippen LogP contribution is 2.23. The molecule has 1 aliphatic rings. The van der Waals surface area contributed by atoms with E-state index < -0.39 is 0 Å². The van der Waals surface area contributed by atoms with Gasteiger partial charge >= 0.3 is 0 Å². The molecule has 2 amide bonds. The number of hydrogen-bond acceptors (Lipinski definition) is 2. The molecule has 128 valence electrons. The number of benzene rings is 2. The summed E-state index contributed by atoms with van der Waals surface area (Å²) in [7, 11) is 0. The molecular formula is C21H22N2O2. The zero-order valence-corrected chi connectivity index (χ0v) is 14.4. The minimum absolute atomic E-state index is 0.0504. The summed E-state index contributed by atoms with van der Waals surface area (Å²) in [6, 6.07) is 17.7. The van der Waals surface area contributed by atoms with Gasteiger partial charge in [-0.2, -0.15) is 0 Å². The Morgan fingerprint density at radius 3 is 2.36 bits per heavy atom. The third-order valence-corrected chi connectivity index (χ3v) is 4.38. The molecule has 25 heavy (non-hydrogen) atoms. The molecule has 1 aliphatic heterocycles. The van der Waals surface area contributed by atoms with Crippen LogP contribution in [0.1, 0.15) is 34.8 Å². The van der Waals surface area contributed by atoms with Crippen molar-refractivity contribution in [2.45, 2.75) is 19.9 Å². The van der Waals surface area contributed by atoms with Crippen molar-refractivity contribution in [2.75, 3.05) is 13.1 Å². The summed E-state index contributed by atoms with van der Waals surface area (Å²) < 4.78 is 0. The smallest absolute Gasteiger partial charge is 0.254 e. The van der Waals surface area contributed by atoms with Crippen LogP contribution in [0.4, 0.5) is 0 Å². The first-order valence-corrected chi connectivity index (χ1v) is 8.50. The Balaban J connectivity index is 1.62. The Morgan fingerprint density at radius 2 is 1.76 bits per heavy atom. The van der Waals surface area contributed by atoms with E-state index in [1.165, 1.54) is 18.1 Å². The number of amides is 2. The van der Waals surface area contributed by atoms with Gasteiger partial charge in [0.1, 0.15) is 0 Å². The van der Waals surface area contributed by atoms with Crippen molar-refractivity contribution in [1.82, 2.24) is 10.2 Å². The number of nitrogens with one attached hydrogen (secondary N) is 1. The Morgan fingerprint density at radius 1 is 1.04 bits per heavy atom. The van der Waals surface area contributed by atoms with Gasteiger partial charge in [-0.3, -0.25) is 9.59 Å². The van der Waals surface area contributed by atoms with Gasteiger partial charge < -0.3 is 10.2 Å². The van der Waals surface area contributed by atoms with Crippen LogP contribution in [0.25, 0.3) is 5.57 Å². The largest absolute Gasteiger partial charge is 0.352 e. The summed E-state index contributed by atoms with van der Waals surface area (Å²) in [6.45, 7) is 3.34. The second-order valence-corrected chi connectivity index (χ2v) is 6.20. The minimum Gasteiger partial charge on any atom is -0.352 e. The maximum atomic E-state index is 12.6. The third-order valence-electron chi connectivity index (χ3n) is 4.38. The molecule has 0 unspecified atom stereocenters. The van der Waals surface area contributed by atoms with E-state index >= 15 is 0 Å². The lowest BCUT2D eigenvalue weighted by Crippen LogP contribution is -2.34. The Kier molecular flexibility index (Phi) is 5.29. The Hall–Kier alpha value is -2.88. The lowest BCUT2D eigenvalue weighted by atomic mass is 9.99. The molecule has 4 heteroatoms. The van der Waals surface area contributed by atoms with Crippen LogP contribution in [0.2, 0.25) is 0 Å². The lowest BCUT2D eigenvalue weighted by molar-refractivity contribution is -0.119. The summed E-state index contributed by atoms with van der Waals surface area (Å²) >= 11 is 0. The fourth-order valence-corrected chi connectivity index (χ4v) is 2.94. The molecule has 0 aromatic heterocycles. The highest BCUT2D eigenvalue weighted by Gasteiger charge is 2.19. The van der Waals surface area contributed by atoms with E-state index in [9.17, 15) is 9.59 Å². The van der Waals surface area contributed by atoms with E-state index in [4.69, 9.17) is 0 Å². The van der Waals surface area contributed by atoms with Crippen molar-refractivity contribution in [3.8, 4) is 0 Å². The van der Waals surface area contributed by atoms with Crippen LogP contribution in [0.5, 0.6) is 0 Å². The molecule has 0 aliphatic carbocycles. The molecule has 1 N–H and O–H groups in total. The molecule has 0 saturated heterocycles. The molecule has 0 bridgehead atoms. The van der Waals surface area contributed by atoms with Crippen molar-refractivity contribution < 1.29 is 9.59 Å². The SMILES string of the molecule is CC(=O)NCc1ccc(C(=O)N2CC=C(c3ccccc3)CC2)cc1. The van der Waals surface area contributed by atoms with Gasteiger partial charge in [0.15, 0.2) is 0 Å². The van der Waals surface area contributed by atoms with Crippen LogP contribution >= 0.6 is 0 Å². The fourth-order valence-electron chi connectivity index (χ4n) is 2.94. The van der Waals surface area contributed by atoms with E-state index in [0.29, 0.717) is 18.7 Å². The maximum absolute atomic E-state index is 12.6. The molecule has 1 heterocycles. The Bertz CT molecular complexity index is 779. The van der Waals surface area contributed by atoms with Crippen molar-refractivity contribution in [2.24, 2.45) is 0 Å². The number of rotatable bonds is 4. The molecule has 0 radical (unpaired) electrons. The Labute approximate surface area is 148 Å². The molecule has 0 atom stereocenters. The van der Waals surface area contributed by atoms with Gasteiger partial charge in [0, 0.05) is 32.1 Å². The summed E-state index contributed by atoms with van der Waals surface area (Å²) in [6.07, 6.45) is 3.01. The van der Waals surface area contributed by atoms with Gasteiger partial charge in [0.25, 0.3) is 5.91 Å². The predicted molar refractivity (Wildman–Crippen MR) is 98.9 cm³/mol. The minimum atomic E-state index is -0.0607. The topological polar surface area (TPSA) is 49.4 Å². The number of hydrogen-bond donors (Lipinski definition) is 1. The fraction of sp³-hybridized carbons (Fsp3) is 0.238. The van der Waals surface area contributed by atoms with Gasteiger partial charge in [0.2, 0.25) is 5.91 Å². The summed E-state index contributed by atoms with van der Waals surface area (Å²) in [5.41, 5.74) is 4.20. The highest BCUT2D eigenvalue weighted by atomic mass is 16.2. The van der Waals surface area contributed by atoms with Crippen LogP contribution in [-0.4, -0.2) is 29.8 Å². The summed E-state index contributed by atoms with van der Waals surface area (Å²) in [5, 5.41) is 2.75. The van der Waals surface area contributed by atoms with Gasteiger partial charge in [-0.1, -0.05) is 48.5 Å². The first kappa shape index (κ1) is 17.0. The van der Waals surface area contributed by atoms with Crippen molar-refractivity contribution >= 4 is 17.4 Å². The molecule has 4 nitrogen and oxygen atoms in total. The standard InChI is InChI=1S/C21H22N2O2/c1-16(24)22-15-17-7-9-20(10-8-17)21(25)23-13-11-19(12-14-23)18-5-3-2-4-6-18/h2-11H,12-15H2,1H3,(H,22,24). The van der Waals surface area contributed by atoms with Crippen LogP contribution in [-0.2, 0) is 11.3 Å². The zero-order chi connectivity index (χ0) is 17.6. The van der Waals surface area contributed by atoms with Gasteiger partial charge in [0.05, 0.1) is 0 Å². The number of nitrogens with zero attached hydrogens (tertiary/aromatic N) is 1. The summed E-state index contributed by atoms with van der Waals surface area (Å²) in [4.78, 5) is 25.5. The van der Waals surface area contributed by atoms with Gasteiger partial charge in [-0.05, 0) is 35.3 Å². The lowest BCUT2D eigenvalue weighted by Gasteiger charge is -2.27. The van der Waals surface area contributed by atoms with E-state index in [2.05, 4.69) is 23.5 Å². The molecular weight excluding hydrogens is 312 g/mol. The van der Waals surface area contributed by atoms with Crippen molar-refractivity contribution in [3.05, 3.63) is 77.4 Å². The second kappa shape index (κ2) is 7.79. The van der Waals surface area contributed by atoms with E-state index in [1.54, 1.807) is 0 Å². The number of carbonyl (C=O) groups is 2. The van der Waals surface area contributed by atoms with Crippen LogP contribution in [0.3, 0.4) is 0 Å². The normalized spacial score (nSPS) is 14.0. The van der Waals surface area contributed by atoms with E-state index in [0.717, 1.165) is 18.5 Å². The molecule has 0 saturated carbocycles. The molecule has 2 aromatic rings. The van der Waals surface area contributed by atoms with Crippen LogP contribution in [0.15, 0.2) is 60.7 Å². The molecule has 0 fully saturated rings. The first-order chi connectivity index (χ1) is 12.1. The van der Waals surface area contributed by atoms with Gasteiger partial charge in [-0.25, -0.2) is 0 Å².